The second-order valence-electron chi connectivity index (χ2n) is 4.87. The van der Waals surface area contributed by atoms with Crippen LogP contribution in [0.2, 0.25) is 5.02 Å². The van der Waals surface area contributed by atoms with Crippen molar-refractivity contribution in [1.29, 1.82) is 0 Å². The molecule has 0 radical (unpaired) electrons. The first kappa shape index (κ1) is 13.1. The summed E-state index contributed by atoms with van der Waals surface area (Å²) in [6, 6.07) is 1.93. The van der Waals surface area contributed by atoms with Crippen molar-refractivity contribution in [3.8, 4) is 11.3 Å². The molecule has 3 heterocycles. The van der Waals surface area contributed by atoms with Crippen molar-refractivity contribution >= 4 is 17.5 Å². The van der Waals surface area contributed by atoms with Crippen molar-refractivity contribution in [2.45, 2.75) is 20.0 Å². The van der Waals surface area contributed by atoms with Crippen molar-refractivity contribution < 1.29 is 4.79 Å². The van der Waals surface area contributed by atoms with Gasteiger partial charge in [-0.2, -0.15) is 0 Å². The number of hydrogen-bond donors (Lipinski definition) is 2. The molecular formula is C14H15ClN4O. The molecule has 1 aliphatic heterocycles. The third-order valence-corrected chi connectivity index (χ3v) is 4.02. The van der Waals surface area contributed by atoms with E-state index in [0.29, 0.717) is 17.1 Å². The highest BCUT2D eigenvalue weighted by atomic mass is 35.5. The van der Waals surface area contributed by atoms with Gasteiger partial charge in [-0.1, -0.05) is 11.6 Å². The number of pyridine rings is 1. The number of amides is 1. The first-order valence-electron chi connectivity index (χ1n) is 6.43. The zero-order valence-corrected chi connectivity index (χ0v) is 11.9. The summed E-state index contributed by atoms with van der Waals surface area (Å²) in [6.45, 7) is 4.18. The van der Waals surface area contributed by atoms with Gasteiger partial charge in [0.2, 0.25) is 0 Å². The molecule has 0 saturated carbocycles. The SMILES string of the molecule is Cc1ccncc1-c1c(Cl)c(C(N)=O)c2n1CCNC2. The van der Waals surface area contributed by atoms with Gasteiger partial charge in [0.25, 0.3) is 5.91 Å². The van der Waals surface area contributed by atoms with Crippen molar-refractivity contribution in [3.63, 3.8) is 0 Å². The van der Waals surface area contributed by atoms with Crippen LogP contribution in [0, 0.1) is 6.92 Å². The number of aromatic nitrogens is 2. The van der Waals surface area contributed by atoms with E-state index in [0.717, 1.165) is 35.6 Å². The molecule has 0 fully saturated rings. The third kappa shape index (κ3) is 1.90. The van der Waals surface area contributed by atoms with E-state index in [1.807, 2.05) is 13.0 Å². The van der Waals surface area contributed by atoms with E-state index in [9.17, 15) is 4.79 Å². The summed E-state index contributed by atoms with van der Waals surface area (Å²) < 4.78 is 2.07. The van der Waals surface area contributed by atoms with Crippen molar-refractivity contribution in [2.75, 3.05) is 6.54 Å². The van der Waals surface area contributed by atoms with E-state index in [1.54, 1.807) is 12.4 Å². The Bertz CT molecular complexity index is 693. The Morgan fingerprint density at radius 2 is 2.35 bits per heavy atom. The molecule has 0 bridgehead atoms. The van der Waals surface area contributed by atoms with Crippen LogP contribution in [-0.4, -0.2) is 22.0 Å². The topological polar surface area (TPSA) is 72.9 Å². The second kappa shape index (κ2) is 4.92. The molecule has 2 aromatic heterocycles. The number of primary amides is 1. The van der Waals surface area contributed by atoms with E-state index in [2.05, 4.69) is 14.9 Å². The fraction of sp³-hybridized carbons (Fsp3) is 0.286. The largest absolute Gasteiger partial charge is 0.365 e. The van der Waals surface area contributed by atoms with Gasteiger partial charge >= 0.3 is 0 Å². The molecule has 3 rings (SSSR count). The molecule has 0 saturated heterocycles. The summed E-state index contributed by atoms with van der Waals surface area (Å²) in [5.41, 5.74) is 9.60. The van der Waals surface area contributed by atoms with E-state index < -0.39 is 5.91 Å². The fourth-order valence-electron chi connectivity index (χ4n) is 2.69. The van der Waals surface area contributed by atoms with E-state index in [4.69, 9.17) is 17.3 Å². The summed E-state index contributed by atoms with van der Waals surface area (Å²) in [4.78, 5) is 15.9. The monoisotopic (exact) mass is 290 g/mol. The van der Waals surface area contributed by atoms with Gasteiger partial charge < -0.3 is 15.6 Å². The summed E-state index contributed by atoms with van der Waals surface area (Å²) in [7, 11) is 0. The van der Waals surface area contributed by atoms with Crippen LogP contribution >= 0.6 is 11.6 Å². The normalized spacial score (nSPS) is 14.1. The molecule has 5 nitrogen and oxygen atoms in total. The number of halogens is 1. The van der Waals surface area contributed by atoms with Gasteiger partial charge in [-0.3, -0.25) is 9.78 Å². The second-order valence-corrected chi connectivity index (χ2v) is 5.25. The highest BCUT2D eigenvalue weighted by Crippen LogP contribution is 2.37. The Labute approximate surface area is 121 Å². The summed E-state index contributed by atoms with van der Waals surface area (Å²) in [6.07, 6.45) is 3.51. The number of nitrogens with zero attached hydrogens (tertiary/aromatic N) is 2. The number of aryl methyl sites for hydroxylation is 1. The number of nitrogens with one attached hydrogen (secondary N) is 1. The lowest BCUT2D eigenvalue weighted by molar-refractivity contribution is 0.0999. The average Bonchev–Trinajstić information content (AvgIpc) is 2.71. The maximum Gasteiger partial charge on any atom is 0.252 e. The molecule has 20 heavy (non-hydrogen) atoms. The molecule has 0 unspecified atom stereocenters. The average molecular weight is 291 g/mol. The predicted molar refractivity (Wildman–Crippen MR) is 77.6 cm³/mol. The zero-order valence-electron chi connectivity index (χ0n) is 11.1. The standard InChI is InChI=1S/C14H15ClN4O/c1-8-2-3-17-6-9(8)13-12(15)11(14(16)20)10-7-18-4-5-19(10)13/h2-3,6,18H,4-5,7H2,1H3,(H2,16,20). The molecule has 6 heteroatoms. The zero-order chi connectivity index (χ0) is 14.3. The van der Waals surface area contributed by atoms with E-state index in [-0.39, 0.29) is 0 Å². The maximum atomic E-state index is 11.7. The Balaban J connectivity index is 2.31. The van der Waals surface area contributed by atoms with Gasteiger partial charge in [0.05, 0.1) is 16.3 Å². The molecule has 0 spiro atoms. The van der Waals surface area contributed by atoms with E-state index in [1.165, 1.54) is 0 Å². The minimum absolute atomic E-state index is 0.414. The summed E-state index contributed by atoms with van der Waals surface area (Å²) in [5.74, 6) is -0.491. The maximum absolute atomic E-state index is 11.7. The van der Waals surface area contributed by atoms with Gasteiger partial charge in [-0.05, 0) is 18.6 Å². The molecule has 0 aromatic carbocycles. The molecule has 3 N–H and O–H groups in total. The Kier molecular flexibility index (Phi) is 3.23. The van der Waals surface area contributed by atoms with Gasteiger partial charge in [-0.25, -0.2) is 0 Å². The number of carbonyl (C=O) groups is 1. The molecular weight excluding hydrogens is 276 g/mol. The van der Waals surface area contributed by atoms with Gasteiger partial charge in [0.1, 0.15) is 0 Å². The van der Waals surface area contributed by atoms with Crippen molar-refractivity contribution in [1.82, 2.24) is 14.9 Å². The first-order chi connectivity index (χ1) is 9.61. The van der Waals surface area contributed by atoms with Crippen LogP contribution in [0.4, 0.5) is 0 Å². The highest BCUT2D eigenvalue weighted by Gasteiger charge is 2.27. The number of rotatable bonds is 2. The minimum Gasteiger partial charge on any atom is -0.365 e. The van der Waals surface area contributed by atoms with Gasteiger partial charge in [0, 0.05) is 43.3 Å². The van der Waals surface area contributed by atoms with Crippen LogP contribution in [-0.2, 0) is 13.1 Å². The van der Waals surface area contributed by atoms with Crippen LogP contribution in [0.5, 0.6) is 0 Å². The number of fused-ring (bicyclic) bond motifs is 1. The van der Waals surface area contributed by atoms with E-state index >= 15 is 0 Å². The Morgan fingerprint density at radius 1 is 1.55 bits per heavy atom. The number of carbonyl (C=O) groups excluding carboxylic acids is 1. The first-order valence-corrected chi connectivity index (χ1v) is 6.81. The minimum atomic E-state index is -0.491. The molecule has 2 aromatic rings. The quantitative estimate of drug-likeness (QED) is 0.884. The molecule has 1 amide bonds. The van der Waals surface area contributed by atoms with Gasteiger partial charge in [0.15, 0.2) is 0 Å². The number of nitrogens with two attached hydrogens (primary N) is 1. The van der Waals surface area contributed by atoms with Crippen molar-refractivity contribution in [2.24, 2.45) is 5.73 Å². The third-order valence-electron chi connectivity index (χ3n) is 3.66. The van der Waals surface area contributed by atoms with Gasteiger partial charge in [-0.15, -0.1) is 0 Å². The van der Waals surface area contributed by atoms with Crippen LogP contribution in [0.1, 0.15) is 21.6 Å². The van der Waals surface area contributed by atoms with Crippen molar-refractivity contribution in [3.05, 3.63) is 40.3 Å². The van der Waals surface area contributed by atoms with Crippen LogP contribution in [0.15, 0.2) is 18.5 Å². The molecule has 0 aliphatic carbocycles. The summed E-state index contributed by atoms with van der Waals surface area (Å²) in [5, 5.41) is 3.66. The van der Waals surface area contributed by atoms with Crippen LogP contribution in [0.25, 0.3) is 11.3 Å². The summed E-state index contributed by atoms with van der Waals surface area (Å²) >= 11 is 6.44. The van der Waals surface area contributed by atoms with Crippen LogP contribution in [0.3, 0.4) is 0 Å². The smallest absolute Gasteiger partial charge is 0.252 e. The Hall–Kier alpha value is -1.85. The lowest BCUT2D eigenvalue weighted by Gasteiger charge is -2.20. The Morgan fingerprint density at radius 3 is 3.05 bits per heavy atom. The fourth-order valence-corrected chi connectivity index (χ4v) is 3.09. The molecule has 0 atom stereocenters. The lowest BCUT2D eigenvalue weighted by Crippen LogP contribution is -2.30. The molecule has 104 valence electrons. The lowest BCUT2D eigenvalue weighted by atomic mass is 10.1. The predicted octanol–water partition coefficient (Wildman–Crippen LogP) is 1.71. The van der Waals surface area contributed by atoms with Crippen LogP contribution < -0.4 is 11.1 Å². The molecule has 1 aliphatic rings. The number of hydrogen-bond acceptors (Lipinski definition) is 3. The highest BCUT2D eigenvalue weighted by molar-refractivity contribution is 6.36.